The first-order valence-corrected chi connectivity index (χ1v) is 3.82. The zero-order valence-electron chi connectivity index (χ0n) is 7.27. The van der Waals surface area contributed by atoms with E-state index in [2.05, 4.69) is 9.72 Å². The number of hydrogen-bond donors (Lipinski definition) is 0. The molecule has 3 nitrogen and oxygen atoms in total. The molecule has 0 saturated carbocycles. The van der Waals surface area contributed by atoms with Crippen LogP contribution >= 0.6 is 13.5 Å². The van der Waals surface area contributed by atoms with Crippen molar-refractivity contribution in [3.63, 3.8) is 0 Å². The molecule has 2 aromatic rings. The zero-order chi connectivity index (χ0) is 9.10. The lowest BCUT2D eigenvalue weighted by atomic mass is 10.2. The summed E-state index contributed by atoms with van der Waals surface area (Å²) in [4.78, 5) is 4.12. The van der Waals surface area contributed by atoms with Gasteiger partial charge in [0.25, 0.3) is 6.26 Å². The third-order valence-corrected chi connectivity index (χ3v) is 1.72. The number of hydrogen-bond acceptors (Lipinski definition) is 3. The van der Waals surface area contributed by atoms with Crippen molar-refractivity contribution in [1.29, 1.82) is 5.26 Å². The number of para-hydroxylation sites is 1. The van der Waals surface area contributed by atoms with E-state index in [1.807, 2.05) is 30.3 Å². The van der Waals surface area contributed by atoms with Gasteiger partial charge in [-0.15, -0.1) is 5.26 Å². The van der Waals surface area contributed by atoms with Gasteiger partial charge in [-0.3, -0.25) is 0 Å². The van der Waals surface area contributed by atoms with Gasteiger partial charge in [-0.1, -0.05) is 18.2 Å². The van der Waals surface area contributed by atoms with Crippen molar-refractivity contribution in [3.05, 3.63) is 36.4 Å². The SMILES string of the molecule is N#COc1ccc2ccccc2n1.S. The molecule has 1 aromatic carbocycles. The van der Waals surface area contributed by atoms with Crippen LogP contribution in [0, 0.1) is 11.5 Å². The van der Waals surface area contributed by atoms with Gasteiger partial charge >= 0.3 is 0 Å². The second-order valence-corrected chi connectivity index (χ2v) is 2.54. The second-order valence-electron chi connectivity index (χ2n) is 2.54. The molecular weight excluding hydrogens is 196 g/mol. The van der Waals surface area contributed by atoms with E-state index in [0.717, 1.165) is 10.9 Å². The minimum atomic E-state index is 0. The number of benzene rings is 1. The summed E-state index contributed by atoms with van der Waals surface area (Å²) in [5, 5.41) is 9.31. The topological polar surface area (TPSA) is 45.9 Å². The summed E-state index contributed by atoms with van der Waals surface area (Å²) >= 11 is 0. The molecule has 1 heterocycles. The number of nitrogens with zero attached hydrogens (tertiary/aromatic N) is 2. The van der Waals surface area contributed by atoms with Crippen molar-refractivity contribution in [1.82, 2.24) is 4.98 Å². The zero-order valence-corrected chi connectivity index (χ0v) is 8.27. The molecule has 70 valence electrons. The summed E-state index contributed by atoms with van der Waals surface area (Å²) in [6.07, 6.45) is 1.59. The molecule has 0 aliphatic rings. The van der Waals surface area contributed by atoms with Gasteiger partial charge in [-0.05, 0) is 12.1 Å². The molecule has 0 aliphatic carbocycles. The Morgan fingerprint density at radius 1 is 1.14 bits per heavy atom. The molecule has 0 bridgehead atoms. The Balaban J connectivity index is 0.000000980. The van der Waals surface area contributed by atoms with Gasteiger partial charge < -0.3 is 4.74 Å². The molecule has 0 radical (unpaired) electrons. The number of aromatic nitrogens is 1. The highest BCUT2D eigenvalue weighted by molar-refractivity contribution is 7.59. The quantitative estimate of drug-likeness (QED) is 0.669. The fourth-order valence-corrected chi connectivity index (χ4v) is 1.15. The number of fused-ring (bicyclic) bond motifs is 1. The lowest BCUT2D eigenvalue weighted by Crippen LogP contribution is -1.86. The third kappa shape index (κ3) is 1.95. The first-order valence-electron chi connectivity index (χ1n) is 3.82. The fourth-order valence-electron chi connectivity index (χ4n) is 1.15. The Labute approximate surface area is 88.4 Å². The molecule has 0 amide bonds. The molecule has 0 atom stereocenters. The maximum absolute atomic E-state index is 8.28. The Morgan fingerprint density at radius 3 is 2.71 bits per heavy atom. The summed E-state index contributed by atoms with van der Waals surface area (Å²) in [5.41, 5.74) is 0.829. The van der Waals surface area contributed by atoms with Crippen molar-refractivity contribution in [2.24, 2.45) is 0 Å². The number of ether oxygens (including phenoxy) is 1. The first kappa shape index (κ1) is 10.4. The molecule has 0 aliphatic heterocycles. The Bertz CT molecular complexity index is 479. The van der Waals surface area contributed by atoms with Crippen molar-refractivity contribution in [3.8, 4) is 12.1 Å². The summed E-state index contributed by atoms with van der Waals surface area (Å²) in [6, 6.07) is 11.2. The summed E-state index contributed by atoms with van der Waals surface area (Å²) in [6.45, 7) is 0. The lowest BCUT2D eigenvalue weighted by molar-refractivity contribution is 0.488. The molecule has 14 heavy (non-hydrogen) atoms. The number of rotatable bonds is 1. The largest absolute Gasteiger partial charge is 0.367 e. The maximum Gasteiger partial charge on any atom is 0.293 e. The molecule has 0 N–H and O–H groups in total. The molecule has 0 fully saturated rings. The molecular formula is C10H8N2OS. The normalized spacial score (nSPS) is 8.79. The standard InChI is InChI=1S/C10H6N2O.H2S/c11-7-13-10-6-5-8-3-1-2-4-9(8)12-10;/h1-6H;1H2. The maximum atomic E-state index is 8.28. The number of nitriles is 1. The van der Waals surface area contributed by atoms with Gasteiger partial charge in [0.1, 0.15) is 0 Å². The van der Waals surface area contributed by atoms with Crippen LogP contribution in [0.4, 0.5) is 0 Å². The van der Waals surface area contributed by atoms with Gasteiger partial charge in [0.05, 0.1) is 5.52 Å². The van der Waals surface area contributed by atoms with E-state index in [9.17, 15) is 0 Å². The predicted molar refractivity (Wildman–Crippen MR) is 58.4 cm³/mol. The van der Waals surface area contributed by atoms with Crippen LogP contribution in [0.2, 0.25) is 0 Å². The van der Waals surface area contributed by atoms with E-state index in [1.54, 1.807) is 12.3 Å². The van der Waals surface area contributed by atoms with E-state index in [1.165, 1.54) is 0 Å². The van der Waals surface area contributed by atoms with Gasteiger partial charge in [0, 0.05) is 11.5 Å². The average Bonchev–Trinajstić information content (AvgIpc) is 2.18. The smallest absolute Gasteiger partial charge is 0.293 e. The predicted octanol–water partition coefficient (Wildman–Crippen LogP) is 2.21. The molecule has 0 unspecified atom stereocenters. The monoisotopic (exact) mass is 204 g/mol. The van der Waals surface area contributed by atoms with Crippen LogP contribution < -0.4 is 4.74 Å². The summed E-state index contributed by atoms with van der Waals surface area (Å²) in [5.74, 6) is 0.334. The minimum Gasteiger partial charge on any atom is -0.367 e. The van der Waals surface area contributed by atoms with Crippen LogP contribution in [0.15, 0.2) is 36.4 Å². The van der Waals surface area contributed by atoms with E-state index in [0.29, 0.717) is 5.88 Å². The van der Waals surface area contributed by atoms with Gasteiger partial charge in [-0.2, -0.15) is 13.5 Å². The third-order valence-electron chi connectivity index (χ3n) is 1.72. The van der Waals surface area contributed by atoms with Crippen LogP contribution in [0.25, 0.3) is 10.9 Å². The highest BCUT2D eigenvalue weighted by Gasteiger charge is 1.96. The van der Waals surface area contributed by atoms with Crippen molar-refractivity contribution < 1.29 is 4.74 Å². The molecule has 2 rings (SSSR count). The van der Waals surface area contributed by atoms with Gasteiger partial charge in [0.2, 0.25) is 5.88 Å². The molecule has 0 spiro atoms. The van der Waals surface area contributed by atoms with E-state index in [4.69, 9.17) is 5.26 Å². The molecule has 0 saturated heterocycles. The highest BCUT2D eigenvalue weighted by atomic mass is 32.1. The van der Waals surface area contributed by atoms with Crippen molar-refractivity contribution in [2.45, 2.75) is 0 Å². The molecule has 4 heteroatoms. The van der Waals surface area contributed by atoms with E-state index < -0.39 is 0 Å². The second kappa shape index (κ2) is 4.49. The van der Waals surface area contributed by atoms with Crippen LogP contribution in [0.3, 0.4) is 0 Å². The average molecular weight is 204 g/mol. The van der Waals surface area contributed by atoms with E-state index in [-0.39, 0.29) is 13.5 Å². The van der Waals surface area contributed by atoms with E-state index >= 15 is 0 Å². The Kier molecular flexibility index (Phi) is 3.32. The van der Waals surface area contributed by atoms with Crippen molar-refractivity contribution in [2.75, 3.05) is 0 Å². The number of pyridine rings is 1. The van der Waals surface area contributed by atoms with Gasteiger partial charge in [-0.25, -0.2) is 4.98 Å². The Morgan fingerprint density at radius 2 is 1.93 bits per heavy atom. The van der Waals surface area contributed by atoms with Crippen LogP contribution in [-0.2, 0) is 0 Å². The summed E-state index contributed by atoms with van der Waals surface area (Å²) in [7, 11) is 0. The summed E-state index contributed by atoms with van der Waals surface area (Å²) < 4.78 is 4.61. The molecule has 1 aromatic heterocycles. The van der Waals surface area contributed by atoms with Gasteiger partial charge in [0.15, 0.2) is 0 Å². The van der Waals surface area contributed by atoms with Crippen LogP contribution in [0.1, 0.15) is 0 Å². The lowest BCUT2D eigenvalue weighted by Gasteiger charge is -1.97. The first-order chi connectivity index (χ1) is 6.40. The highest BCUT2D eigenvalue weighted by Crippen LogP contribution is 2.15. The fraction of sp³-hybridized carbons (Fsp3) is 0. The van der Waals surface area contributed by atoms with Crippen molar-refractivity contribution >= 4 is 24.4 Å². The Hall–Kier alpha value is -1.73. The van der Waals surface area contributed by atoms with Crippen LogP contribution in [-0.4, -0.2) is 4.98 Å². The van der Waals surface area contributed by atoms with Crippen LogP contribution in [0.5, 0.6) is 5.88 Å². The minimum absolute atomic E-state index is 0.